The molecular formula is C30H46O5. The maximum atomic E-state index is 11.8. The molecule has 2 fully saturated rings. The fraction of sp³-hybridized carbons (Fsp3) is 0.767. The summed E-state index contributed by atoms with van der Waals surface area (Å²) in [5.41, 5.74) is 2.58. The molecular weight excluding hydrogens is 440 g/mol. The number of hydrogen-bond donors (Lipinski definition) is 1. The molecule has 0 radical (unpaired) electrons. The molecule has 0 amide bonds. The molecule has 196 valence electrons. The van der Waals surface area contributed by atoms with Gasteiger partial charge in [0.05, 0.1) is 12.2 Å². The molecule has 2 aliphatic carbocycles. The number of carbonyl (C=O) groups excluding carboxylic acids is 1. The second kappa shape index (κ2) is 13.2. The lowest BCUT2D eigenvalue weighted by atomic mass is 9.73. The minimum atomic E-state index is -0.243. The molecule has 0 bridgehead atoms. The van der Waals surface area contributed by atoms with Crippen molar-refractivity contribution in [2.24, 2.45) is 17.8 Å². The fourth-order valence-electron chi connectivity index (χ4n) is 6.51. The Kier molecular flexibility index (Phi) is 10.1. The van der Waals surface area contributed by atoms with Gasteiger partial charge in [0.1, 0.15) is 12.4 Å². The maximum absolute atomic E-state index is 11.8. The monoisotopic (exact) mass is 486 g/mol. The van der Waals surface area contributed by atoms with Gasteiger partial charge in [-0.05, 0) is 92.7 Å². The average Bonchev–Trinajstić information content (AvgIpc) is 3.18. The van der Waals surface area contributed by atoms with Crippen molar-refractivity contribution in [3.05, 3.63) is 29.3 Å². The van der Waals surface area contributed by atoms with Crippen LogP contribution in [0, 0.1) is 17.8 Å². The van der Waals surface area contributed by atoms with Crippen LogP contribution in [0.3, 0.4) is 0 Å². The van der Waals surface area contributed by atoms with E-state index < -0.39 is 0 Å². The van der Waals surface area contributed by atoms with Gasteiger partial charge in [-0.15, -0.1) is 0 Å². The molecule has 5 heteroatoms. The van der Waals surface area contributed by atoms with Crippen LogP contribution in [0.5, 0.6) is 5.75 Å². The summed E-state index contributed by atoms with van der Waals surface area (Å²) in [7, 11) is 0. The SMILES string of the molecule is CCCCC[C@@H](CC[C@@H]1[C@H]2Cc3cccc(OCC(=O)CC)c3C[C@H]2C[C@H]1O)OC1CCCCO1. The summed E-state index contributed by atoms with van der Waals surface area (Å²) in [5.74, 6) is 2.30. The first-order chi connectivity index (χ1) is 17.1. The first-order valence-electron chi connectivity index (χ1n) is 14.3. The number of carbonyl (C=O) groups is 1. The van der Waals surface area contributed by atoms with Gasteiger partial charge >= 0.3 is 0 Å². The third-order valence-electron chi connectivity index (χ3n) is 8.56. The summed E-state index contributed by atoms with van der Waals surface area (Å²) < 4.78 is 18.2. The van der Waals surface area contributed by atoms with Crippen molar-refractivity contribution >= 4 is 5.78 Å². The molecule has 1 heterocycles. The highest BCUT2D eigenvalue weighted by atomic mass is 16.7. The van der Waals surface area contributed by atoms with E-state index in [4.69, 9.17) is 14.2 Å². The van der Waals surface area contributed by atoms with Gasteiger partial charge in [-0.3, -0.25) is 4.79 Å². The third kappa shape index (κ3) is 7.08. The molecule has 1 unspecified atom stereocenters. The second-order valence-corrected chi connectivity index (χ2v) is 11.0. The highest BCUT2D eigenvalue weighted by Gasteiger charge is 2.45. The molecule has 1 aromatic carbocycles. The van der Waals surface area contributed by atoms with E-state index in [0.717, 1.165) is 63.7 Å². The smallest absolute Gasteiger partial charge is 0.169 e. The van der Waals surface area contributed by atoms with Crippen LogP contribution in [0.25, 0.3) is 0 Å². The van der Waals surface area contributed by atoms with Crippen molar-refractivity contribution in [2.75, 3.05) is 13.2 Å². The van der Waals surface area contributed by atoms with Gasteiger partial charge < -0.3 is 19.3 Å². The minimum absolute atomic E-state index is 0.0452. The standard InChI is InChI=1S/C30H46O5/c1-3-5-6-11-24(35-30-13-7-8-16-33-30)14-15-25-26-17-21-10-9-12-29(34-20-23(31)4-2)27(21)18-22(26)19-28(25)32/h9-10,12,22,24-26,28,30,32H,3-8,11,13-20H2,1-2H3/t22-,24-,25+,26-,28+,30?/m0/s1. The third-order valence-corrected chi connectivity index (χ3v) is 8.56. The van der Waals surface area contributed by atoms with Crippen LogP contribution >= 0.6 is 0 Å². The lowest BCUT2D eigenvalue weighted by Crippen LogP contribution is -2.31. The first kappa shape index (κ1) is 26.6. The van der Waals surface area contributed by atoms with Crippen molar-refractivity contribution in [2.45, 2.75) is 116 Å². The van der Waals surface area contributed by atoms with Crippen LogP contribution in [0.15, 0.2) is 18.2 Å². The Bertz CT molecular complexity index is 802. The minimum Gasteiger partial charge on any atom is -0.486 e. The Hall–Kier alpha value is -1.43. The number of unbranched alkanes of at least 4 members (excludes halogenated alkanes) is 2. The Morgan fingerprint density at radius 2 is 2.06 bits per heavy atom. The molecule has 0 aromatic heterocycles. The van der Waals surface area contributed by atoms with E-state index in [2.05, 4.69) is 13.0 Å². The highest BCUT2D eigenvalue weighted by Crippen LogP contribution is 2.48. The van der Waals surface area contributed by atoms with E-state index in [1.165, 1.54) is 36.8 Å². The number of ketones is 1. The van der Waals surface area contributed by atoms with E-state index in [1.807, 2.05) is 19.1 Å². The molecule has 1 aliphatic heterocycles. The number of fused-ring (bicyclic) bond motifs is 2. The van der Waals surface area contributed by atoms with Gasteiger partial charge in [-0.2, -0.15) is 0 Å². The number of aliphatic hydroxyl groups excluding tert-OH is 1. The molecule has 1 aromatic rings. The Labute approximate surface area is 211 Å². The largest absolute Gasteiger partial charge is 0.486 e. The molecule has 0 spiro atoms. The number of ether oxygens (including phenoxy) is 3. The molecule has 4 rings (SSSR count). The Morgan fingerprint density at radius 3 is 2.83 bits per heavy atom. The molecule has 1 N–H and O–H groups in total. The Balaban J connectivity index is 1.38. The van der Waals surface area contributed by atoms with Gasteiger partial charge in [-0.25, -0.2) is 0 Å². The number of benzene rings is 1. The molecule has 5 nitrogen and oxygen atoms in total. The van der Waals surface area contributed by atoms with E-state index in [9.17, 15) is 9.90 Å². The summed E-state index contributed by atoms with van der Waals surface area (Å²) in [5, 5.41) is 11.1. The van der Waals surface area contributed by atoms with Gasteiger partial charge in [-0.1, -0.05) is 45.2 Å². The average molecular weight is 487 g/mol. The molecule has 1 saturated carbocycles. The van der Waals surface area contributed by atoms with E-state index >= 15 is 0 Å². The highest BCUT2D eigenvalue weighted by molar-refractivity contribution is 5.79. The predicted molar refractivity (Wildman–Crippen MR) is 138 cm³/mol. The van der Waals surface area contributed by atoms with Crippen molar-refractivity contribution < 1.29 is 24.1 Å². The van der Waals surface area contributed by atoms with Crippen molar-refractivity contribution in [3.63, 3.8) is 0 Å². The van der Waals surface area contributed by atoms with E-state index in [0.29, 0.717) is 24.2 Å². The summed E-state index contributed by atoms with van der Waals surface area (Å²) >= 11 is 0. The summed E-state index contributed by atoms with van der Waals surface area (Å²) in [6, 6.07) is 6.25. The molecule has 3 aliphatic rings. The zero-order valence-electron chi connectivity index (χ0n) is 21.9. The van der Waals surface area contributed by atoms with Gasteiger partial charge in [0.15, 0.2) is 12.1 Å². The van der Waals surface area contributed by atoms with Crippen molar-refractivity contribution in [3.8, 4) is 5.75 Å². The van der Waals surface area contributed by atoms with E-state index in [-0.39, 0.29) is 30.9 Å². The lowest BCUT2D eigenvalue weighted by Gasteiger charge is -2.33. The Morgan fingerprint density at radius 1 is 1.17 bits per heavy atom. The van der Waals surface area contributed by atoms with Gasteiger partial charge in [0, 0.05) is 13.0 Å². The molecule has 6 atom stereocenters. The van der Waals surface area contributed by atoms with Crippen molar-refractivity contribution in [1.29, 1.82) is 0 Å². The van der Waals surface area contributed by atoms with Crippen molar-refractivity contribution in [1.82, 2.24) is 0 Å². The van der Waals surface area contributed by atoms with Crippen LogP contribution in [0.2, 0.25) is 0 Å². The molecule has 35 heavy (non-hydrogen) atoms. The lowest BCUT2D eigenvalue weighted by molar-refractivity contribution is -0.191. The summed E-state index contributed by atoms with van der Waals surface area (Å²) in [6.45, 7) is 5.08. The topological polar surface area (TPSA) is 65.0 Å². The fourth-order valence-corrected chi connectivity index (χ4v) is 6.51. The first-order valence-corrected chi connectivity index (χ1v) is 14.3. The summed E-state index contributed by atoms with van der Waals surface area (Å²) in [6.07, 6.45) is 13.3. The number of aliphatic hydroxyl groups is 1. The van der Waals surface area contributed by atoms with Crippen LogP contribution in [0.1, 0.15) is 95.6 Å². The molecule has 1 saturated heterocycles. The van der Waals surface area contributed by atoms with E-state index in [1.54, 1.807) is 0 Å². The van der Waals surface area contributed by atoms with Crippen LogP contribution in [-0.2, 0) is 27.1 Å². The predicted octanol–water partition coefficient (Wildman–Crippen LogP) is 6.03. The number of hydrogen-bond acceptors (Lipinski definition) is 5. The van der Waals surface area contributed by atoms with Crippen LogP contribution in [-0.4, -0.2) is 42.6 Å². The maximum Gasteiger partial charge on any atom is 0.169 e. The second-order valence-electron chi connectivity index (χ2n) is 11.0. The number of rotatable bonds is 13. The number of Topliss-reactive ketones (excluding diaryl/α,β-unsaturated/α-hetero) is 1. The quantitative estimate of drug-likeness (QED) is 0.345. The van der Waals surface area contributed by atoms with Crippen LogP contribution < -0.4 is 4.74 Å². The van der Waals surface area contributed by atoms with Gasteiger partial charge in [0.25, 0.3) is 0 Å². The zero-order chi connectivity index (χ0) is 24.6. The normalized spacial score (nSPS) is 28.8. The van der Waals surface area contributed by atoms with Gasteiger partial charge in [0.2, 0.25) is 0 Å². The zero-order valence-corrected chi connectivity index (χ0v) is 21.9. The van der Waals surface area contributed by atoms with Crippen LogP contribution in [0.4, 0.5) is 0 Å². The summed E-state index contributed by atoms with van der Waals surface area (Å²) in [4.78, 5) is 11.8.